The van der Waals surface area contributed by atoms with Crippen molar-refractivity contribution < 1.29 is 9.90 Å². The maximum atomic E-state index is 12.3. The summed E-state index contributed by atoms with van der Waals surface area (Å²) in [4.78, 5) is 17.1. The molecular weight excluding hydrogens is 326 g/mol. The number of hydrogen-bond donors (Lipinski definition) is 2. The molecule has 1 heterocycles. The van der Waals surface area contributed by atoms with Crippen LogP contribution >= 0.6 is 0 Å². The van der Waals surface area contributed by atoms with Gasteiger partial charge in [0.15, 0.2) is 0 Å². The lowest BCUT2D eigenvalue weighted by molar-refractivity contribution is -0.123. The molecule has 1 aliphatic heterocycles. The van der Waals surface area contributed by atoms with Crippen molar-refractivity contribution >= 4 is 11.6 Å². The molecule has 1 amide bonds. The molecule has 1 aromatic rings. The maximum Gasteiger partial charge on any atom is 0.221 e. The number of carbonyl (C=O) groups is 1. The molecule has 0 aromatic heterocycles. The number of anilines is 1. The summed E-state index contributed by atoms with van der Waals surface area (Å²) in [5.41, 5.74) is 2.60. The number of carbonyl (C=O) groups excluding carboxylic acids is 1. The van der Waals surface area contributed by atoms with E-state index in [2.05, 4.69) is 53.2 Å². The Labute approximate surface area is 157 Å². The van der Waals surface area contributed by atoms with E-state index in [-0.39, 0.29) is 18.1 Å². The van der Waals surface area contributed by atoms with Gasteiger partial charge in [-0.05, 0) is 49.8 Å². The van der Waals surface area contributed by atoms with E-state index in [4.69, 9.17) is 0 Å². The molecule has 5 nitrogen and oxygen atoms in total. The highest BCUT2D eigenvalue weighted by Crippen LogP contribution is 2.31. The highest BCUT2D eigenvalue weighted by Gasteiger charge is 2.33. The average Bonchev–Trinajstić information content (AvgIpc) is 2.62. The Morgan fingerprint density at radius 1 is 1.27 bits per heavy atom. The van der Waals surface area contributed by atoms with Crippen molar-refractivity contribution in [3.8, 4) is 0 Å². The molecule has 3 rings (SSSR count). The zero-order valence-corrected chi connectivity index (χ0v) is 16.2. The summed E-state index contributed by atoms with van der Waals surface area (Å²) in [6.07, 6.45) is 3.02. The monoisotopic (exact) mass is 359 g/mol. The third-order valence-corrected chi connectivity index (χ3v) is 5.90. The summed E-state index contributed by atoms with van der Waals surface area (Å²) in [7, 11) is 0. The lowest BCUT2D eigenvalue weighted by Gasteiger charge is -2.38. The molecule has 144 valence electrons. The minimum absolute atomic E-state index is 0.152. The zero-order chi connectivity index (χ0) is 18.5. The molecule has 0 bridgehead atoms. The number of benzene rings is 1. The van der Waals surface area contributed by atoms with Crippen LogP contribution in [-0.2, 0) is 4.79 Å². The van der Waals surface area contributed by atoms with Crippen LogP contribution in [-0.4, -0.2) is 60.8 Å². The van der Waals surface area contributed by atoms with Gasteiger partial charge in [-0.1, -0.05) is 19.1 Å². The van der Waals surface area contributed by atoms with Gasteiger partial charge >= 0.3 is 0 Å². The standard InChI is InChI=1S/C21H33N3O2/c1-3-20(17-14-19(25)15-17)22-21(26)7-8-23-9-11-24(12-10-23)18-6-4-5-16(2)13-18/h4-6,13,17,19-20,25H,3,7-12,14-15H2,1-2H3,(H,22,26). The summed E-state index contributed by atoms with van der Waals surface area (Å²) < 4.78 is 0. The number of nitrogens with zero attached hydrogens (tertiary/aromatic N) is 2. The molecule has 1 saturated carbocycles. The van der Waals surface area contributed by atoms with Crippen molar-refractivity contribution in [3.05, 3.63) is 29.8 Å². The minimum Gasteiger partial charge on any atom is -0.393 e. The number of aliphatic hydroxyl groups excluding tert-OH is 1. The first kappa shape index (κ1) is 19.2. The number of hydrogen-bond acceptors (Lipinski definition) is 4. The fourth-order valence-corrected chi connectivity index (χ4v) is 4.10. The lowest BCUT2D eigenvalue weighted by Crippen LogP contribution is -2.49. The third-order valence-electron chi connectivity index (χ3n) is 5.90. The van der Waals surface area contributed by atoms with Gasteiger partial charge in [-0.15, -0.1) is 0 Å². The van der Waals surface area contributed by atoms with Gasteiger partial charge < -0.3 is 15.3 Å². The van der Waals surface area contributed by atoms with E-state index in [0.717, 1.165) is 52.0 Å². The Kier molecular flexibility index (Phi) is 6.54. The van der Waals surface area contributed by atoms with E-state index >= 15 is 0 Å². The first-order valence-electron chi connectivity index (χ1n) is 10.1. The second-order valence-corrected chi connectivity index (χ2v) is 7.89. The van der Waals surface area contributed by atoms with E-state index in [1.807, 2.05) is 0 Å². The Balaban J connectivity index is 1.37. The molecule has 2 fully saturated rings. The lowest BCUT2D eigenvalue weighted by atomic mass is 9.76. The van der Waals surface area contributed by atoms with Crippen LogP contribution in [0.3, 0.4) is 0 Å². The summed E-state index contributed by atoms with van der Waals surface area (Å²) in [6, 6.07) is 8.90. The van der Waals surface area contributed by atoms with Crippen molar-refractivity contribution in [1.82, 2.24) is 10.2 Å². The van der Waals surface area contributed by atoms with Crippen LogP contribution in [0.25, 0.3) is 0 Å². The van der Waals surface area contributed by atoms with Crippen LogP contribution in [0.15, 0.2) is 24.3 Å². The first-order valence-corrected chi connectivity index (χ1v) is 10.1. The molecule has 0 spiro atoms. The molecule has 5 heteroatoms. The molecule has 2 N–H and O–H groups in total. The molecule has 1 unspecified atom stereocenters. The predicted octanol–water partition coefficient (Wildman–Crippen LogP) is 2.17. The largest absolute Gasteiger partial charge is 0.393 e. The summed E-state index contributed by atoms with van der Waals surface area (Å²) in [5.74, 6) is 0.608. The number of aryl methyl sites for hydroxylation is 1. The summed E-state index contributed by atoms with van der Waals surface area (Å²) >= 11 is 0. The summed E-state index contributed by atoms with van der Waals surface area (Å²) in [6.45, 7) is 9.12. The number of aliphatic hydroxyl groups is 1. The highest BCUT2D eigenvalue weighted by atomic mass is 16.3. The maximum absolute atomic E-state index is 12.3. The van der Waals surface area contributed by atoms with Crippen molar-refractivity contribution in [2.45, 2.75) is 51.7 Å². The third kappa shape index (κ3) is 4.98. The molecule has 26 heavy (non-hydrogen) atoms. The fraction of sp³-hybridized carbons (Fsp3) is 0.667. The molecular formula is C21H33N3O2. The van der Waals surface area contributed by atoms with Gasteiger partial charge in [0.25, 0.3) is 0 Å². The van der Waals surface area contributed by atoms with E-state index < -0.39 is 0 Å². The highest BCUT2D eigenvalue weighted by molar-refractivity contribution is 5.76. The number of rotatable bonds is 7. The van der Waals surface area contributed by atoms with E-state index in [1.54, 1.807) is 0 Å². The van der Waals surface area contributed by atoms with Crippen LogP contribution in [0.4, 0.5) is 5.69 Å². The predicted molar refractivity (Wildman–Crippen MR) is 105 cm³/mol. The topological polar surface area (TPSA) is 55.8 Å². The zero-order valence-electron chi connectivity index (χ0n) is 16.2. The van der Waals surface area contributed by atoms with Crippen LogP contribution in [0, 0.1) is 12.8 Å². The summed E-state index contributed by atoms with van der Waals surface area (Å²) in [5, 5.41) is 12.6. The molecule has 0 radical (unpaired) electrons. The number of amides is 1. The molecule has 1 aliphatic carbocycles. The minimum atomic E-state index is -0.157. The SMILES string of the molecule is CCC(NC(=O)CCN1CCN(c2cccc(C)c2)CC1)C1CC(O)C1. The molecule has 1 saturated heterocycles. The van der Waals surface area contributed by atoms with E-state index in [9.17, 15) is 9.90 Å². The smallest absolute Gasteiger partial charge is 0.221 e. The molecule has 2 aliphatic rings. The quantitative estimate of drug-likeness (QED) is 0.783. The van der Waals surface area contributed by atoms with Gasteiger partial charge in [-0.25, -0.2) is 0 Å². The second-order valence-electron chi connectivity index (χ2n) is 7.89. The molecule has 1 atom stereocenters. The van der Waals surface area contributed by atoms with Gasteiger partial charge in [0.2, 0.25) is 5.91 Å². The van der Waals surface area contributed by atoms with Gasteiger partial charge in [0.05, 0.1) is 6.10 Å². The van der Waals surface area contributed by atoms with Gasteiger partial charge in [-0.2, -0.15) is 0 Å². The fourth-order valence-electron chi connectivity index (χ4n) is 4.10. The van der Waals surface area contributed by atoms with Crippen molar-refractivity contribution in [2.24, 2.45) is 5.92 Å². The Bertz CT molecular complexity index is 593. The van der Waals surface area contributed by atoms with Gasteiger partial charge in [0, 0.05) is 50.9 Å². The Hall–Kier alpha value is -1.59. The van der Waals surface area contributed by atoms with Crippen LogP contribution in [0.1, 0.15) is 38.2 Å². The van der Waals surface area contributed by atoms with Crippen molar-refractivity contribution in [2.75, 3.05) is 37.6 Å². The average molecular weight is 360 g/mol. The van der Waals surface area contributed by atoms with Crippen molar-refractivity contribution in [1.29, 1.82) is 0 Å². The normalized spacial score (nSPS) is 24.8. The van der Waals surface area contributed by atoms with Gasteiger partial charge in [0.1, 0.15) is 0 Å². The first-order chi connectivity index (χ1) is 12.5. The second kappa shape index (κ2) is 8.87. The van der Waals surface area contributed by atoms with Crippen molar-refractivity contribution in [3.63, 3.8) is 0 Å². The number of nitrogens with one attached hydrogen (secondary N) is 1. The Morgan fingerprint density at radius 2 is 2.00 bits per heavy atom. The van der Waals surface area contributed by atoms with E-state index in [1.165, 1.54) is 11.3 Å². The van der Waals surface area contributed by atoms with E-state index in [0.29, 0.717) is 12.3 Å². The van der Waals surface area contributed by atoms with Crippen LogP contribution in [0.2, 0.25) is 0 Å². The number of piperazine rings is 1. The van der Waals surface area contributed by atoms with Gasteiger partial charge in [-0.3, -0.25) is 9.69 Å². The molecule has 1 aromatic carbocycles. The van der Waals surface area contributed by atoms with Crippen LogP contribution < -0.4 is 10.2 Å². The Morgan fingerprint density at radius 3 is 2.62 bits per heavy atom. The van der Waals surface area contributed by atoms with Crippen LogP contribution in [0.5, 0.6) is 0 Å².